The molecule has 24 heavy (non-hydrogen) atoms. The first-order valence-electron chi connectivity index (χ1n) is 8.03. The fraction of sp³-hybridized carbons (Fsp3) is 0.412. The number of nitrogens with zero attached hydrogens (tertiary/aromatic N) is 3. The van der Waals surface area contributed by atoms with Crippen molar-refractivity contribution in [1.82, 2.24) is 20.4 Å². The summed E-state index contributed by atoms with van der Waals surface area (Å²) in [6.45, 7) is 7.66. The van der Waals surface area contributed by atoms with Crippen LogP contribution in [0.15, 0.2) is 47.7 Å². The average Bonchev–Trinajstić information content (AvgIpc) is 3.07. The van der Waals surface area contributed by atoms with Crippen molar-refractivity contribution in [3.63, 3.8) is 0 Å². The van der Waals surface area contributed by atoms with E-state index in [1.165, 1.54) is 0 Å². The van der Waals surface area contributed by atoms with E-state index in [9.17, 15) is 0 Å². The van der Waals surface area contributed by atoms with E-state index in [0.29, 0.717) is 13.2 Å². The first kappa shape index (κ1) is 20.3. The van der Waals surface area contributed by atoms with Gasteiger partial charge in [0.15, 0.2) is 5.96 Å². The van der Waals surface area contributed by atoms with Crippen LogP contribution in [0.3, 0.4) is 0 Å². The SMILES string of the molecule is CCNC(=NCc1ccccc1OCC)NCCn1cccn1.I. The van der Waals surface area contributed by atoms with Crippen molar-refractivity contribution < 1.29 is 4.74 Å². The highest BCUT2D eigenvalue weighted by Gasteiger charge is 2.03. The van der Waals surface area contributed by atoms with Crippen LogP contribution in [-0.4, -0.2) is 35.4 Å². The van der Waals surface area contributed by atoms with Gasteiger partial charge in [-0.15, -0.1) is 24.0 Å². The molecule has 0 atom stereocenters. The highest BCUT2D eigenvalue weighted by Crippen LogP contribution is 2.18. The predicted molar refractivity (Wildman–Crippen MR) is 108 cm³/mol. The van der Waals surface area contributed by atoms with Crippen molar-refractivity contribution in [2.45, 2.75) is 26.9 Å². The maximum atomic E-state index is 5.64. The standard InChI is InChI=1S/C17H25N5O.HI/c1-3-18-17(19-11-13-22-12-7-10-21-22)20-14-15-8-5-6-9-16(15)23-4-2;/h5-10,12H,3-4,11,13-14H2,1-2H3,(H2,18,19,20);1H. The van der Waals surface area contributed by atoms with E-state index in [4.69, 9.17) is 4.74 Å². The maximum Gasteiger partial charge on any atom is 0.191 e. The minimum Gasteiger partial charge on any atom is -0.494 e. The topological polar surface area (TPSA) is 63.5 Å². The third-order valence-electron chi connectivity index (χ3n) is 3.22. The third kappa shape index (κ3) is 6.77. The molecule has 132 valence electrons. The van der Waals surface area contributed by atoms with Crippen LogP contribution in [-0.2, 0) is 13.1 Å². The van der Waals surface area contributed by atoms with Gasteiger partial charge in [0.1, 0.15) is 5.75 Å². The van der Waals surface area contributed by atoms with Gasteiger partial charge in [0.05, 0.1) is 19.7 Å². The number of halogens is 1. The molecule has 0 aliphatic heterocycles. The zero-order chi connectivity index (χ0) is 16.3. The Labute approximate surface area is 160 Å². The minimum absolute atomic E-state index is 0. The summed E-state index contributed by atoms with van der Waals surface area (Å²) in [5.74, 6) is 1.69. The molecule has 0 aliphatic carbocycles. The van der Waals surface area contributed by atoms with Crippen molar-refractivity contribution in [3.8, 4) is 5.75 Å². The van der Waals surface area contributed by atoms with Crippen LogP contribution >= 0.6 is 24.0 Å². The maximum absolute atomic E-state index is 5.64. The molecular weight excluding hydrogens is 417 g/mol. The number of ether oxygens (including phenoxy) is 1. The number of benzene rings is 1. The fourth-order valence-corrected chi connectivity index (χ4v) is 2.16. The number of nitrogens with one attached hydrogen (secondary N) is 2. The number of rotatable bonds is 8. The largest absolute Gasteiger partial charge is 0.494 e. The lowest BCUT2D eigenvalue weighted by atomic mass is 10.2. The van der Waals surface area contributed by atoms with E-state index in [-0.39, 0.29) is 24.0 Å². The molecule has 0 aliphatic rings. The van der Waals surface area contributed by atoms with Crippen LogP contribution in [0.2, 0.25) is 0 Å². The molecule has 0 unspecified atom stereocenters. The van der Waals surface area contributed by atoms with Crippen molar-refractivity contribution in [3.05, 3.63) is 48.3 Å². The van der Waals surface area contributed by atoms with Gasteiger partial charge in [-0.1, -0.05) is 18.2 Å². The average molecular weight is 443 g/mol. The van der Waals surface area contributed by atoms with Gasteiger partial charge in [0.25, 0.3) is 0 Å². The van der Waals surface area contributed by atoms with Crippen molar-refractivity contribution in [1.29, 1.82) is 0 Å². The Bertz CT molecular complexity index is 601. The number of aromatic nitrogens is 2. The summed E-state index contributed by atoms with van der Waals surface area (Å²) in [7, 11) is 0. The van der Waals surface area contributed by atoms with Gasteiger partial charge in [-0.05, 0) is 26.0 Å². The third-order valence-corrected chi connectivity index (χ3v) is 3.22. The van der Waals surface area contributed by atoms with E-state index in [0.717, 1.165) is 36.9 Å². The quantitative estimate of drug-likeness (QED) is 0.374. The molecule has 0 fully saturated rings. The fourth-order valence-electron chi connectivity index (χ4n) is 2.16. The smallest absolute Gasteiger partial charge is 0.191 e. The Morgan fingerprint density at radius 2 is 2.04 bits per heavy atom. The summed E-state index contributed by atoms with van der Waals surface area (Å²) in [5.41, 5.74) is 1.08. The Balaban J connectivity index is 0.00000288. The Kier molecular flexibility index (Phi) is 9.90. The van der Waals surface area contributed by atoms with Crippen LogP contribution in [0.1, 0.15) is 19.4 Å². The zero-order valence-corrected chi connectivity index (χ0v) is 16.6. The molecule has 7 heteroatoms. The molecule has 0 bridgehead atoms. The van der Waals surface area contributed by atoms with E-state index >= 15 is 0 Å². The molecule has 6 nitrogen and oxygen atoms in total. The molecule has 0 spiro atoms. The molecule has 0 saturated heterocycles. The molecule has 1 aromatic heterocycles. The summed E-state index contributed by atoms with van der Waals surface area (Å²) in [5, 5.41) is 10.8. The molecule has 2 N–H and O–H groups in total. The van der Waals surface area contributed by atoms with E-state index in [1.54, 1.807) is 6.20 Å². The Hall–Kier alpha value is -1.77. The van der Waals surface area contributed by atoms with Gasteiger partial charge >= 0.3 is 0 Å². The van der Waals surface area contributed by atoms with E-state index < -0.39 is 0 Å². The lowest BCUT2D eigenvalue weighted by Crippen LogP contribution is -2.38. The molecule has 2 rings (SSSR count). The second-order valence-corrected chi connectivity index (χ2v) is 4.93. The van der Waals surface area contributed by atoms with Gasteiger partial charge in [-0.3, -0.25) is 4.68 Å². The molecule has 0 saturated carbocycles. The monoisotopic (exact) mass is 443 g/mol. The highest BCUT2D eigenvalue weighted by atomic mass is 127. The molecule has 2 aromatic rings. The number of para-hydroxylation sites is 1. The van der Waals surface area contributed by atoms with Gasteiger partial charge in [0, 0.05) is 31.0 Å². The van der Waals surface area contributed by atoms with Crippen molar-refractivity contribution in [2.24, 2.45) is 4.99 Å². The predicted octanol–water partition coefficient (Wildman–Crippen LogP) is 2.66. The second kappa shape index (κ2) is 11.7. The van der Waals surface area contributed by atoms with Crippen molar-refractivity contribution >= 4 is 29.9 Å². The zero-order valence-electron chi connectivity index (χ0n) is 14.2. The summed E-state index contributed by atoms with van der Waals surface area (Å²) in [6, 6.07) is 9.93. The number of hydrogen-bond donors (Lipinski definition) is 2. The molecule has 0 radical (unpaired) electrons. The van der Waals surface area contributed by atoms with Crippen LogP contribution in [0.5, 0.6) is 5.75 Å². The van der Waals surface area contributed by atoms with Gasteiger partial charge in [0.2, 0.25) is 0 Å². The highest BCUT2D eigenvalue weighted by molar-refractivity contribution is 14.0. The number of guanidine groups is 1. The molecule has 1 heterocycles. The van der Waals surface area contributed by atoms with Crippen LogP contribution in [0, 0.1) is 0 Å². The van der Waals surface area contributed by atoms with Gasteiger partial charge in [-0.2, -0.15) is 5.10 Å². The molecule has 0 amide bonds. The minimum atomic E-state index is 0. The number of hydrogen-bond acceptors (Lipinski definition) is 3. The summed E-state index contributed by atoms with van der Waals surface area (Å²) < 4.78 is 7.53. The normalized spacial score (nSPS) is 10.8. The van der Waals surface area contributed by atoms with Gasteiger partial charge < -0.3 is 15.4 Å². The summed E-state index contributed by atoms with van der Waals surface area (Å²) in [4.78, 5) is 4.63. The molecule has 1 aromatic carbocycles. The van der Waals surface area contributed by atoms with Crippen LogP contribution in [0.4, 0.5) is 0 Å². The second-order valence-electron chi connectivity index (χ2n) is 4.93. The number of aliphatic imine (C=N–C) groups is 1. The lowest BCUT2D eigenvalue weighted by molar-refractivity contribution is 0.336. The Morgan fingerprint density at radius 1 is 1.21 bits per heavy atom. The van der Waals surface area contributed by atoms with Crippen LogP contribution < -0.4 is 15.4 Å². The van der Waals surface area contributed by atoms with Crippen molar-refractivity contribution in [2.75, 3.05) is 19.7 Å². The van der Waals surface area contributed by atoms with E-state index in [2.05, 4.69) is 27.6 Å². The summed E-state index contributed by atoms with van der Waals surface area (Å²) >= 11 is 0. The Morgan fingerprint density at radius 3 is 2.75 bits per heavy atom. The first-order chi connectivity index (χ1) is 11.3. The first-order valence-corrected chi connectivity index (χ1v) is 8.03. The molecular formula is C17H26IN5O. The van der Waals surface area contributed by atoms with Gasteiger partial charge in [-0.25, -0.2) is 4.99 Å². The lowest BCUT2D eigenvalue weighted by Gasteiger charge is -2.12. The summed E-state index contributed by atoms with van der Waals surface area (Å²) in [6.07, 6.45) is 3.73. The van der Waals surface area contributed by atoms with E-state index in [1.807, 2.05) is 48.1 Å². The van der Waals surface area contributed by atoms with Crippen LogP contribution in [0.25, 0.3) is 0 Å².